The number of esters is 1. The molecule has 23 heavy (non-hydrogen) atoms. The summed E-state index contributed by atoms with van der Waals surface area (Å²) in [5.74, 6) is -3.22. The van der Waals surface area contributed by atoms with Gasteiger partial charge in [0.15, 0.2) is 5.78 Å². The van der Waals surface area contributed by atoms with E-state index in [1.165, 1.54) is 13.0 Å². The Hall–Kier alpha value is -1.98. The fourth-order valence-electron chi connectivity index (χ4n) is 2.84. The van der Waals surface area contributed by atoms with Crippen molar-refractivity contribution in [3.63, 3.8) is 0 Å². The van der Waals surface area contributed by atoms with Crippen LogP contribution in [0.5, 0.6) is 0 Å². The second-order valence-electron chi connectivity index (χ2n) is 5.88. The van der Waals surface area contributed by atoms with Gasteiger partial charge in [0, 0.05) is 31.6 Å². The predicted octanol–water partition coefficient (Wildman–Crippen LogP) is 2.30. The monoisotopic (exact) mass is 324 g/mol. The minimum Gasteiger partial charge on any atom is -0.481 e. The summed E-state index contributed by atoms with van der Waals surface area (Å²) < 4.78 is 5.12. The van der Waals surface area contributed by atoms with E-state index in [4.69, 9.17) is 9.84 Å². The molecule has 1 N–H and O–H groups in total. The zero-order chi connectivity index (χ0) is 17.4. The zero-order valence-corrected chi connectivity index (χ0v) is 13.6. The van der Waals surface area contributed by atoms with Gasteiger partial charge in [-0.1, -0.05) is 25.8 Å². The van der Waals surface area contributed by atoms with Crippen LogP contribution in [0.1, 0.15) is 52.4 Å². The van der Waals surface area contributed by atoms with E-state index in [0.29, 0.717) is 6.42 Å². The molecule has 0 aromatic heterocycles. The molecule has 6 heteroatoms. The van der Waals surface area contributed by atoms with E-state index in [-0.39, 0.29) is 24.4 Å². The predicted molar refractivity (Wildman–Crippen MR) is 82.7 cm³/mol. The van der Waals surface area contributed by atoms with Crippen LogP contribution in [0.3, 0.4) is 0 Å². The Morgan fingerprint density at radius 3 is 2.57 bits per heavy atom. The molecule has 1 aliphatic rings. The smallest absolute Gasteiger partial charge is 0.304 e. The first-order valence-corrected chi connectivity index (χ1v) is 7.97. The summed E-state index contributed by atoms with van der Waals surface area (Å²) in [5, 5.41) is 8.95. The summed E-state index contributed by atoms with van der Waals surface area (Å²) in [5.41, 5.74) is 0. The van der Waals surface area contributed by atoms with Gasteiger partial charge in [-0.3, -0.25) is 19.2 Å². The maximum Gasteiger partial charge on any atom is 0.304 e. The number of carboxylic acid groups (broad SMARTS) is 1. The zero-order valence-electron chi connectivity index (χ0n) is 13.6. The molecule has 0 amide bonds. The van der Waals surface area contributed by atoms with Crippen LogP contribution >= 0.6 is 0 Å². The molecule has 0 aliphatic heterocycles. The van der Waals surface area contributed by atoms with Gasteiger partial charge < -0.3 is 9.84 Å². The highest BCUT2D eigenvalue weighted by atomic mass is 16.5. The lowest BCUT2D eigenvalue weighted by atomic mass is 9.90. The highest BCUT2D eigenvalue weighted by Gasteiger charge is 2.43. The number of Topliss-reactive ketones (excluding diaryl/α,β-unsaturated/α-hetero) is 1. The summed E-state index contributed by atoms with van der Waals surface area (Å²) in [6.07, 6.45) is 5.13. The molecule has 1 fully saturated rings. The summed E-state index contributed by atoms with van der Waals surface area (Å²) in [6.45, 7) is 3.29. The van der Waals surface area contributed by atoms with E-state index in [9.17, 15) is 19.2 Å². The van der Waals surface area contributed by atoms with Crippen molar-refractivity contribution in [2.75, 3.05) is 0 Å². The molecule has 0 spiro atoms. The summed E-state index contributed by atoms with van der Waals surface area (Å²) in [6, 6.07) is 0. The number of ether oxygens (including phenoxy) is 1. The molecule has 0 aromatic carbocycles. The Balaban J connectivity index is 2.79. The third-order valence-corrected chi connectivity index (χ3v) is 3.95. The highest BCUT2D eigenvalue weighted by Crippen LogP contribution is 2.35. The van der Waals surface area contributed by atoms with Crippen molar-refractivity contribution in [2.24, 2.45) is 11.8 Å². The summed E-state index contributed by atoms with van der Waals surface area (Å²) in [7, 11) is 0. The lowest BCUT2D eigenvalue weighted by Gasteiger charge is -2.19. The van der Waals surface area contributed by atoms with E-state index < -0.39 is 29.9 Å². The fraction of sp³-hybridized carbons (Fsp3) is 0.647. The Morgan fingerprint density at radius 2 is 2.00 bits per heavy atom. The Kier molecular flexibility index (Phi) is 7.65. The number of ketones is 2. The molecular weight excluding hydrogens is 300 g/mol. The van der Waals surface area contributed by atoms with Gasteiger partial charge in [0.25, 0.3) is 0 Å². The highest BCUT2D eigenvalue weighted by molar-refractivity contribution is 5.91. The number of allylic oxidation sites excluding steroid dienone is 1. The minimum atomic E-state index is -1.08. The SMILES string of the molecule is CCCCCC(=O)C=CC1[C@H](OC(C)=O)CC(=O)[C@@H]1CC(=O)O. The molecule has 1 saturated carbocycles. The largest absolute Gasteiger partial charge is 0.481 e. The Labute approximate surface area is 135 Å². The van der Waals surface area contributed by atoms with Crippen molar-refractivity contribution in [1.29, 1.82) is 0 Å². The molecule has 0 bridgehead atoms. The third kappa shape index (κ3) is 6.34. The first-order chi connectivity index (χ1) is 10.8. The van der Waals surface area contributed by atoms with Gasteiger partial charge in [0.1, 0.15) is 11.9 Å². The molecule has 1 aliphatic carbocycles. The average molecular weight is 324 g/mol. The molecule has 0 saturated heterocycles. The number of hydrogen-bond acceptors (Lipinski definition) is 5. The first-order valence-electron chi connectivity index (χ1n) is 7.97. The van der Waals surface area contributed by atoms with Crippen LogP contribution in [-0.4, -0.2) is 34.7 Å². The Morgan fingerprint density at radius 1 is 1.30 bits per heavy atom. The van der Waals surface area contributed by atoms with Crippen LogP contribution in [0.2, 0.25) is 0 Å². The van der Waals surface area contributed by atoms with Gasteiger partial charge in [-0.2, -0.15) is 0 Å². The number of carbonyl (C=O) groups is 4. The lowest BCUT2D eigenvalue weighted by molar-refractivity contribution is -0.147. The molecular formula is C17H24O6. The number of unbranched alkanes of at least 4 members (excludes halogenated alkanes) is 2. The van der Waals surface area contributed by atoms with Gasteiger partial charge in [-0.15, -0.1) is 0 Å². The van der Waals surface area contributed by atoms with Crippen LogP contribution in [-0.2, 0) is 23.9 Å². The quantitative estimate of drug-likeness (QED) is 0.397. The topological polar surface area (TPSA) is 97.7 Å². The van der Waals surface area contributed by atoms with Crippen molar-refractivity contribution in [3.05, 3.63) is 12.2 Å². The molecule has 128 valence electrons. The molecule has 0 heterocycles. The van der Waals surface area contributed by atoms with Gasteiger partial charge in [-0.25, -0.2) is 0 Å². The normalized spacial score (nSPS) is 24.1. The van der Waals surface area contributed by atoms with Crippen molar-refractivity contribution in [2.45, 2.75) is 58.5 Å². The lowest BCUT2D eigenvalue weighted by Crippen LogP contribution is -2.25. The minimum absolute atomic E-state index is 0.00341. The fourth-order valence-corrected chi connectivity index (χ4v) is 2.84. The van der Waals surface area contributed by atoms with Gasteiger partial charge in [0.2, 0.25) is 0 Å². The van der Waals surface area contributed by atoms with Crippen LogP contribution in [0.25, 0.3) is 0 Å². The average Bonchev–Trinajstić information content (AvgIpc) is 2.71. The van der Waals surface area contributed by atoms with Crippen molar-refractivity contribution in [3.8, 4) is 0 Å². The number of carboxylic acids is 1. The number of aliphatic carboxylic acids is 1. The third-order valence-electron chi connectivity index (χ3n) is 3.95. The van der Waals surface area contributed by atoms with E-state index in [2.05, 4.69) is 0 Å². The van der Waals surface area contributed by atoms with Crippen LogP contribution < -0.4 is 0 Å². The standard InChI is InChI=1S/C17H24O6/c1-3-4-5-6-12(19)7-8-13-14(9-17(21)22)15(20)10-16(13)23-11(2)18/h7-8,13-14,16H,3-6,9-10H2,1-2H3,(H,21,22)/t13?,14-,16-/m1/s1. The maximum absolute atomic E-state index is 12.0. The number of hydrogen-bond donors (Lipinski definition) is 1. The number of rotatable bonds is 9. The molecule has 3 atom stereocenters. The van der Waals surface area contributed by atoms with Crippen LogP contribution in [0.4, 0.5) is 0 Å². The molecule has 6 nitrogen and oxygen atoms in total. The van der Waals surface area contributed by atoms with E-state index in [1.807, 2.05) is 6.92 Å². The van der Waals surface area contributed by atoms with E-state index in [0.717, 1.165) is 19.3 Å². The first kappa shape index (κ1) is 19.1. The van der Waals surface area contributed by atoms with Crippen molar-refractivity contribution >= 4 is 23.5 Å². The summed E-state index contributed by atoms with van der Waals surface area (Å²) in [4.78, 5) is 45.9. The van der Waals surface area contributed by atoms with Gasteiger partial charge in [-0.05, 0) is 12.5 Å². The van der Waals surface area contributed by atoms with Crippen molar-refractivity contribution in [1.82, 2.24) is 0 Å². The maximum atomic E-state index is 12.0. The van der Waals surface area contributed by atoms with Crippen LogP contribution in [0, 0.1) is 11.8 Å². The second-order valence-corrected chi connectivity index (χ2v) is 5.88. The summed E-state index contributed by atoms with van der Waals surface area (Å²) >= 11 is 0. The van der Waals surface area contributed by atoms with Gasteiger partial charge >= 0.3 is 11.9 Å². The molecule has 1 rings (SSSR count). The van der Waals surface area contributed by atoms with E-state index >= 15 is 0 Å². The second kappa shape index (κ2) is 9.22. The molecule has 1 unspecified atom stereocenters. The van der Waals surface area contributed by atoms with E-state index in [1.54, 1.807) is 6.08 Å². The Bertz CT molecular complexity index is 493. The molecule has 0 radical (unpaired) electrons. The molecule has 0 aromatic rings. The number of carbonyl (C=O) groups excluding carboxylic acids is 3. The van der Waals surface area contributed by atoms with Crippen molar-refractivity contribution < 1.29 is 29.0 Å². The van der Waals surface area contributed by atoms with Gasteiger partial charge in [0.05, 0.1) is 6.42 Å². The van der Waals surface area contributed by atoms with Crippen LogP contribution in [0.15, 0.2) is 12.2 Å².